The molecule has 0 aliphatic heterocycles. The SMILES string of the molecule is CNCc1ccc(Br)cc1Oc1ccc(I)cc1. The molecule has 2 aromatic carbocycles. The van der Waals surface area contributed by atoms with Crippen LogP contribution in [0, 0.1) is 3.57 Å². The third-order valence-electron chi connectivity index (χ3n) is 2.44. The molecule has 2 rings (SSSR count). The molecule has 0 aliphatic carbocycles. The number of ether oxygens (including phenoxy) is 1. The minimum atomic E-state index is 0.785. The van der Waals surface area contributed by atoms with Gasteiger partial charge in [0.2, 0.25) is 0 Å². The molecule has 18 heavy (non-hydrogen) atoms. The molecule has 0 radical (unpaired) electrons. The summed E-state index contributed by atoms with van der Waals surface area (Å²) < 4.78 is 8.14. The average Bonchev–Trinajstić information content (AvgIpc) is 2.36. The molecular formula is C14H13BrINO. The van der Waals surface area contributed by atoms with Crippen LogP contribution in [0.25, 0.3) is 0 Å². The van der Waals surface area contributed by atoms with Crippen molar-refractivity contribution < 1.29 is 4.74 Å². The van der Waals surface area contributed by atoms with Crippen LogP contribution in [0.1, 0.15) is 5.56 Å². The first-order valence-corrected chi connectivity index (χ1v) is 7.42. The summed E-state index contributed by atoms with van der Waals surface area (Å²) >= 11 is 5.75. The molecule has 0 aliphatic rings. The number of rotatable bonds is 4. The first-order valence-electron chi connectivity index (χ1n) is 5.55. The lowest BCUT2D eigenvalue weighted by Crippen LogP contribution is -2.06. The average molecular weight is 418 g/mol. The number of nitrogens with one attached hydrogen (secondary N) is 1. The van der Waals surface area contributed by atoms with Crippen LogP contribution in [0.5, 0.6) is 11.5 Å². The molecular weight excluding hydrogens is 405 g/mol. The van der Waals surface area contributed by atoms with Gasteiger partial charge in [-0.05, 0) is 66.0 Å². The minimum absolute atomic E-state index is 0.785. The van der Waals surface area contributed by atoms with Crippen LogP contribution < -0.4 is 10.1 Å². The van der Waals surface area contributed by atoms with Gasteiger partial charge in [0.1, 0.15) is 11.5 Å². The van der Waals surface area contributed by atoms with Gasteiger partial charge in [0.05, 0.1) is 0 Å². The summed E-state index contributed by atoms with van der Waals surface area (Å²) in [6.45, 7) is 0.785. The number of hydrogen-bond acceptors (Lipinski definition) is 2. The van der Waals surface area contributed by atoms with Gasteiger partial charge >= 0.3 is 0 Å². The van der Waals surface area contributed by atoms with Gasteiger partial charge in [-0.2, -0.15) is 0 Å². The zero-order valence-corrected chi connectivity index (χ0v) is 13.7. The standard InChI is InChI=1S/C14H13BrINO/c1-17-9-10-2-3-11(15)8-14(10)18-13-6-4-12(16)5-7-13/h2-8,17H,9H2,1H3. The van der Waals surface area contributed by atoms with Crippen LogP contribution >= 0.6 is 38.5 Å². The molecule has 0 unspecified atom stereocenters. The summed E-state index contributed by atoms with van der Waals surface area (Å²) in [5.41, 5.74) is 1.14. The number of benzene rings is 2. The molecule has 94 valence electrons. The molecule has 0 fully saturated rings. The minimum Gasteiger partial charge on any atom is -0.457 e. The van der Waals surface area contributed by atoms with Crippen molar-refractivity contribution in [2.75, 3.05) is 7.05 Å². The molecule has 2 aromatic rings. The van der Waals surface area contributed by atoms with E-state index < -0.39 is 0 Å². The van der Waals surface area contributed by atoms with Crippen molar-refractivity contribution in [1.82, 2.24) is 5.32 Å². The molecule has 0 atom stereocenters. The summed E-state index contributed by atoms with van der Waals surface area (Å²) in [7, 11) is 1.93. The molecule has 0 saturated heterocycles. The highest BCUT2D eigenvalue weighted by atomic mass is 127. The fraction of sp³-hybridized carbons (Fsp3) is 0.143. The molecule has 0 heterocycles. The van der Waals surface area contributed by atoms with E-state index in [1.807, 2.05) is 43.4 Å². The normalized spacial score (nSPS) is 10.4. The zero-order valence-electron chi connectivity index (χ0n) is 9.91. The van der Waals surface area contributed by atoms with Gasteiger partial charge in [-0.1, -0.05) is 22.0 Å². The van der Waals surface area contributed by atoms with E-state index in [0.29, 0.717) is 0 Å². The van der Waals surface area contributed by atoms with Gasteiger partial charge < -0.3 is 10.1 Å². The second-order valence-corrected chi connectivity index (χ2v) is 6.00. The van der Waals surface area contributed by atoms with Crippen molar-refractivity contribution in [3.63, 3.8) is 0 Å². The van der Waals surface area contributed by atoms with Gasteiger partial charge in [-0.25, -0.2) is 0 Å². The van der Waals surface area contributed by atoms with Crippen molar-refractivity contribution >= 4 is 38.5 Å². The van der Waals surface area contributed by atoms with Crippen LogP contribution in [0.2, 0.25) is 0 Å². The Bertz CT molecular complexity index is 528. The second kappa shape index (κ2) is 6.54. The van der Waals surface area contributed by atoms with E-state index in [9.17, 15) is 0 Å². The molecule has 0 aromatic heterocycles. The predicted octanol–water partition coefficient (Wildman–Crippen LogP) is 4.57. The molecule has 1 N–H and O–H groups in total. The molecule has 4 heteroatoms. The lowest BCUT2D eigenvalue weighted by atomic mass is 10.2. The fourth-order valence-corrected chi connectivity index (χ4v) is 2.29. The quantitative estimate of drug-likeness (QED) is 0.736. The maximum Gasteiger partial charge on any atom is 0.133 e. The summed E-state index contributed by atoms with van der Waals surface area (Å²) in [4.78, 5) is 0. The van der Waals surface area contributed by atoms with Gasteiger partial charge in [0, 0.05) is 20.2 Å². The first-order chi connectivity index (χ1) is 8.69. The van der Waals surface area contributed by atoms with Crippen molar-refractivity contribution in [2.24, 2.45) is 0 Å². The van der Waals surface area contributed by atoms with Crippen LogP contribution in [0.4, 0.5) is 0 Å². The van der Waals surface area contributed by atoms with E-state index in [-0.39, 0.29) is 0 Å². The van der Waals surface area contributed by atoms with E-state index in [1.54, 1.807) is 0 Å². The lowest BCUT2D eigenvalue weighted by Gasteiger charge is -2.11. The lowest BCUT2D eigenvalue weighted by molar-refractivity contribution is 0.474. The number of halogens is 2. The third-order valence-corrected chi connectivity index (χ3v) is 3.65. The second-order valence-electron chi connectivity index (χ2n) is 3.84. The monoisotopic (exact) mass is 417 g/mol. The number of hydrogen-bond donors (Lipinski definition) is 1. The van der Waals surface area contributed by atoms with Gasteiger partial charge in [0.25, 0.3) is 0 Å². The summed E-state index contributed by atoms with van der Waals surface area (Å²) in [5.74, 6) is 1.73. The van der Waals surface area contributed by atoms with E-state index in [2.05, 4.69) is 49.9 Å². The Labute approximate surface area is 129 Å². The maximum atomic E-state index is 5.92. The van der Waals surface area contributed by atoms with Crippen molar-refractivity contribution in [1.29, 1.82) is 0 Å². The highest BCUT2D eigenvalue weighted by Gasteiger charge is 2.05. The Hall–Kier alpha value is -0.590. The summed E-state index contributed by atoms with van der Waals surface area (Å²) in [5, 5.41) is 3.14. The van der Waals surface area contributed by atoms with Gasteiger partial charge in [0.15, 0.2) is 0 Å². The molecule has 0 spiro atoms. The Morgan fingerprint density at radius 2 is 1.89 bits per heavy atom. The first kappa shape index (κ1) is 13.8. The smallest absolute Gasteiger partial charge is 0.133 e. The largest absolute Gasteiger partial charge is 0.457 e. The van der Waals surface area contributed by atoms with E-state index in [4.69, 9.17) is 4.74 Å². The van der Waals surface area contributed by atoms with Crippen molar-refractivity contribution in [3.05, 3.63) is 56.1 Å². The molecule has 0 bridgehead atoms. The Morgan fingerprint density at radius 1 is 1.17 bits per heavy atom. The Balaban J connectivity index is 2.26. The van der Waals surface area contributed by atoms with Crippen molar-refractivity contribution in [3.8, 4) is 11.5 Å². The van der Waals surface area contributed by atoms with Crippen molar-refractivity contribution in [2.45, 2.75) is 6.54 Å². The molecule has 2 nitrogen and oxygen atoms in total. The zero-order chi connectivity index (χ0) is 13.0. The third kappa shape index (κ3) is 3.70. The van der Waals surface area contributed by atoms with E-state index >= 15 is 0 Å². The highest BCUT2D eigenvalue weighted by Crippen LogP contribution is 2.29. The predicted molar refractivity (Wildman–Crippen MR) is 86.1 cm³/mol. The Kier molecular flexibility index (Phi) is 5.03. The highest BCUT2D eigenvalue weighted by molar-refractivity contribution is 14.1. The fourth-order valence-electron chi connectivity index (χ4n) is 1.59. The van der Waals surface area contributed by atoms with Gasteiger partial charge in [-0.15, -0.1) is 0 Å². The van der Waals surface area contributed by atoms with Crippen LogP contribution in [-0.2, 0) is 6.54 Å². The van der Waals surface area contributed by atoms with Crippen LogP contribution in [0.3, 0.4) is 0 Å². The van der Waals surface area contributed by atoms with E-state index in [1.165, 1.54) is 3.57 Å². The Morgan fingerprint density at radius 3 is 2.56 bits per heavy atom. The molecule has 0 saturated carbocycles. The van der Waals surface area contributed by atoms with Crippen LogP contribution in [0.15, 0.2) is 46.9 Å². The molecule has 0 amide bonds. The topological polar surface area (TPSA) is 21.3 Å². The summed E-state index contributed by atoms with van der Waals surface area (Å²) in [6, 6.07) is 14.1. The van der Waals surface area contributed by atoms with E-state index in [0.717, 1.165) is 28.1 Å². The maximum absolute atomic E-state index is 5.92. The van der Waals surface area contributed by atoms with Gasteiger partial charge in [-0.3, -0.25) is 0 Å². The summed E-state index contributed by atoms with van der Waals surface area (Å²) in [6.07, 6.45) is 0. The van der Waals surface area contributed by atoms with Crippen LogP contribution in [-0.4, -0.2) is 7.05 Å².